The number of carbonyl (C=O) groups excluding carboxylic acids is 1. The zero-order valence-electron chi connectivity index (χ0n) is 23.8. The lowest BCUT2D eigenvalue weighted by atomic mass is 9.86. The van der Waals surface area contributed by atoms with Crippen LogP contribution in [0, 0.1) is 0 Å². The highest BCUT2D eigenvalue weighted by molar-refractivity contribution is 6.30. The van der Waals surface area contributed by atoms with Crippen molar-refractivity contribution < 1.29 is 14.3 Å². The second-order valence-electron chi connectivity index (χ2n) is 10.5. The number of ether oxygens (including phenoxy) is 2. The number of nitrogens with one attached hydrogen (secondary N) is 1. The first kappa shape index (κ1) is 28.9. The predicted molar refractivity (Wildman–Crippen MR) is 159 cm³/mol. The Morgan fingerprint density at radius 3 is 2.36 bits per heavy atom. The fraction of sp³-hybridized carbons (Fsp3) is 0.406. The number of hydrogen-bond acceptors (Lipinski definition) is 5. The van der Waals surface area contributed by atoms with E-state index < -0.39 is 0 Å². The summed E-state index contributed by atoms with van der Waals surface area (Å²) in [5.41, 5.74) is 4.99. The number of halogens is 1. The van der Waals surface area contributed by atoms with E-state index in [1.54, 1.807) is 7.11 Å². The monoisotopic (exact) mass is 549 g/mol. The molecule has 3 aromatic carbocycles. The maximum absolute atomic E-state index is 13.8. The molecule has 1 N–H and O–H groups in total. The van der Waals surface area contributed by atoms with Crippen LogP contribution in [-0.2, 0) is 11.2 Å². The van der Waals surface area contributed by atoms with Gasteiger partial charge >= 0.3 is 0 Å². The Morgan fingerprint density at radius 2 is 1.74 bits per heavy atom. The molecule has 7 heteroatoms. The fourth-order valence-electron chi connectivity index (χ4n) is 4.92. The van der Waals surface area contributed by atoms with Crippen molar-refractivity contribution in [2.24, 2.45) is 0 Å². The second-order valence-corrected chi connectivity index (χ2v) is 10.9. The van der Waals surface area contributed by atoms with Gasteiger partial charge < -0.3 is 24.6 Å². The molecule has 0 fully saturated rings. The fourth-order valence-corrected chi connectivity index (χ4v) is 5.05. The van der Waals surface area contributed by atoms with Gasteiger partial charge in [-0.3, -0.25) is 4.79 Å². The zero-order valence-corrected chi connectivity index (χ0v) is 24.6. The maximum Gasteiger partial charge on any atom is 0.232 e. The molecular formula is C32H40ClN3O3. The molecule has 208 valence electrons. The molecule has 4 rings (SSSR count). The van der Waals surface area contributed by atoms with Crippen molar-refractivity contribution in [1.82, 2.24) is 10.2 Å². The third kappa shape index (κ3) is 6.75. The first-order chi connectivity index (χ1) is 18.7. The number of benzene rings is 3. The number of carbonyl (C=O) groups is 1. The topological polar surface area (TPSA) is 54.0 Å². The Bertz CT molecular complexity index is 1260. The van der Waals surface area contributed by atoms with Crippen molar-refractivity contribution in [2.75, 3.05) is 39.2 Å². The summed E-state index contributed by atoms with van der Waals surface area (Å²) in [6.07, 6.45) is 1.19. The Hall–Kier alpha value is -3.06. The predicted octanol–water partition coefficient (Wildman–Crippen LogP) is 6.42. The third-order valence-electron chi connectivity index (χ3n) is 7.36. The highest BCUT2D eigenvalue weighted by Gasteiger charge is 2.36. The minimum Gasteiger partial charge on any atom is -0.493 e. The lowest BCUT2D eigenvalue weighted by molar-refractivity contribution is -0.118. The summed E-state index contributed by atoms with van der Waals surface area (Å²) >= 11 is 6.25. The van der Waals surface area contributed by atoms with Gasteiger partial charge in [0.25, 0.3) is 0 Å². The molecule has 0 aliphatic carbocycles. The quantitative estimate of drug-likeness (QED) is 0.299. The van der Waals surface area contributed by atoms with Crippen LogP contribution in [0.5, 0.6) is 11.5 Å². The average molecular weight is 550 g/mol. The standard InChI is InChI=1S/C32H40ClN3O3/c1-7-21(2)39-30-20-28-25(18-29(30)38-6)19-31(37)36(32(28)24-8-12-26(33)13-9-24)27-14-10-23(11-15-27)22(3)34-16-17-35(4)5/h8-15,18,20-22,32,34H,7,16-17,19H2,1-6H3. The first-order valence-electron chi connectivity index (χ1n) is 13.6. The van der Waals surface area contributed by atoms with Crippen molar-refractivity contribution in [2.45, 2.75) is 51.8 Å². The van der Waals surface area contributed by atoms with Gasteiger partial charge in [0.2, 0.25) is 5.91 Å². The molecule has 39 heavy (non-hydrogen) atoms. The number of fused-ring (bicyclic) bond motifs is 1. The number of amides is 1. The molecule has 0 saturated heterocycles. The molecule has 1 aliphatic rings. The summed E-state index contributed by atoms with van der Waals surface area (Å²) in [4.78, 5) is 17.8. The van der Waals surface area contributed by atoms with E-state index in [1.165, 1.54) is 5.56 Å². The molecule has 0 radical (unpaired) electrons. The lowest BCUT2D eigenvalue weighted by Gasteiger charge is -2.38. The van der Waals surface area contributed by atoms with E-state index in [-0.39, 0.29) is 30.5 Å². The summed E-state index contributed by atoms with van der Waals surface area (Å²) in [5.74, 6) is 1.36. The lowest BCUT2D eigenvalue weighted by Crippen LogP contribution is -2.41. The largest absolute Gasteiger partial charge is 0.493 e. The van der Waals surface area contributed by atoms with Crippen LogP contribution >= 0.6 is 11.6 Å². The van der Waals surface area contributed by atoms with Crippen LogP contribution in [0.3, 0.4) is 0 Å². The number of methoxy groups -OCH3 is 1. The molecule has 3 atom stereocenters. The van der Waals surface area contributed by atoms with Gasteiger partial charge in [-0.25, -0.2) is 0 Å². The number of likely N-dealkylation sites (N-methyl/N-ethyl adjacent to an activating group) is 1. The van der Waals surface area contributed by atoms with E-state index in [4.69, 9.17) is 21.1 Å². The van der Waals surface area contributed by atoms with Gasteiger partial charge in [0.1, 0.15) is 0 Å². The summed E-state index contributed by atoms with van der Waals surface area (Å²) in [6.45, 7) is 8.18. The molecule has 1 heterocycles. The van der Waals surface area contributed by atoms with Gasteiger partial charge in [-0.15, -0.1) is 0 Å². The van der Waals surface area contributed by atoms with Gasteiger partial charge in [0.05, 0.1) is 25.7 Å². The van der Waals surface area contributed by atoms with Crippen LogP contribution in [0.2, 0.25) is 5.02 Å². The van der Waals surface area contributed by atoms with E-state index in [2.05, 4.69) is 50.3 Å². The van der Waals surface area contributed by atoms with Crippen LogP contribution in [0.1, 0.15) is 61.5 Å². The van der Waals surface area contributed by atoms with Crippen molar-refractivity contribution in [3.05, 3.63) is 87.9 Å². The molecule has 6 nitrogen and oxygen atoms in total. The minimum absolute atomic E-state index is 0.0324. The minimum atomic E-state index is -0.329. The van der Waals surface area contributed by atoms with Crippen molar-refractivity contribution in [3.8, 4) is 11.5 Å². The van der Waals surface area contributed by atoms with Crippen molar-refractivity contribution in [1.29, 1.82) is 0 Å². The normalized spacial score (nSPS) is 16.7. The van der Waals surface area contributed by atoms with E-state index >= 15 is 0 Å². The molecule has 0 bridgehead atoms. The van der Waals surface area contributed by atoms with Crippen LogP contribution in [0.15, 0.2) is 60.7 Å². The van der Waals surface area contributed by atoms with Crippen LogP contribution in [-0.4, -0.2) is 51.2 Å². The molecule has 3 aromatic rings. The Morgan fingerprint density at radius 1 is 1.05 bits per heavy atom. The molecule has 0 spiro atoms. The SMILES string of the molecule is CCC(C)Oc1cc2c(cc1OC)CC(=O)N(c1ccc(C(C)NCCN(C)C)cc1)C2c1ccc(Cl)cc1. The first-order valence-corrected chi connectivity index (χ1v) is 14.0. The average Bonchev–Trinajstić information content (AvgIpc) is 2.92. The molecule has 1 aliphatic heterocycles. The molecule has 1 amide bonds. The Balaban J connectivity index is 1.74. The third-order valence-corrected chi connectivity index (χ3v) is 7.61. The Kier molecular flexibility index (Phi) is 9.54. The van der Waals surface area contributed by atoms with E-state index in [0.717, 1.165) is 41.9 Å². The summed E-state index contributed by atoms with van der Waals surface area (Å²) in [6, 6.07) is 19.9. The van der Waals surface area contributed by atoms with Crippen LogP contribution in [0.25, 0.3) is 0 Å². The van der Waals surface area contributed by atoms with E-state index in [9.17, 15) is 4.79 Å². The molecule has 0 aromatic heterocycles. The zero-order chi connectivity index (χ0) is 28.1. The number of anilines is 1. The second kappa shape index (κ2) is 12.9. The molecule has 3 unspecified atom stereocenters. The number of nitrogens with zero attached hydrogens (tertiary/aromatic N) is 2. The van der Waals surface area contributed by atoms with Crippen LogP contribution in [0.4, 0.5) is 5.69 Å². The molecule has 0 saturated carbocycles. The summed E-state index contributed by atoms with van der Waals surface area (Å²) in [5, 5.41) is 4.22. The van der Waals surface area contributed by atoms with Crippen LogP contribution < -0.4 is 19.7 Å². The van der Waals surface area contributed by atoms with Gasteiger partial charge in [0.15, 0.2) is 11.5 Å². The van der Waals surface area contributed by atoms with Gasteiger partial charge in [-0.2, -0.15) is 0 Å². The van der Waals surface area contributed by atoms with Crippen molar-refractivity contribution >= 4 is 23.2 Å². The maximum atomic E-state index is 13.8. The smallest absolute Gasteiger partial charge is 0.232 e. The Labute approximate surface area is 237 Å². The molecular weight excluding hydrogens is 510 g/mol. The van der Waals surface area contributed by atoms with Gasteiger partial charge in [0, 0.05) is 29.8 Å². The summed E-state index contributed by atoms with van der Waals surface area (Å²) < 4.78 is 11.9. The van der Waals surface area contributed by atoms with E-state index in [0.29, 0.717) is 16.5 Å². The highest BCUT2D eigenvalue weighted by atomic mass is 35.5. The van der Waals surface area contributed by atoms with Gasteiger partial charge in [-0.05, 0) is 93.0 Å². The van der Waals surface area contributed by atoms with Gasteiger partial charge in [-0.1, -0.05) is 42.8 Å². The van der Waals surface area contributed by atoms with Crippen molar-refractivity contribution in [3.63, 3.8) is 0 Å². The summed E-state index contributed by atoms with van der Waals surface area (Å²) in [7, 11) is 5.78. The number of rotatable bonds is 11. The van der Waals surface area contributed by atoms with E-state index in [1.807, 2.05) is 60.4 Å². The number of hydrogen-bond donors (Lipinski definition) is 1. The highest BCUT2D eigenvalue weighted by Crippen LogP contribution is 2.44.